The van der Waals surface area contributed by atoms with Crippen LogP contribution in [0.2, 0.25) is 5.02 Å². The van der Waals surface area contributed by atoms with Crippen LogP contribution in [0.1, 0.15) is 10.4 Å². The molecule has 0 saturated carbocycles. The summed E-state index contributed by atoms with van der Waals surface area (Å²) in [5, 5.41) is 18.1. The second-order valence-electron chi connectivity index (χ2n) is 9.58. The molecule has 1 amide bonds. The molecule has 43 heavy (non-hydrogen) atoms. The summed E-state index contributed by atoms with van der Waals surface area (Å²) in [6, 6.07) is 9.18. The van der Waals surface area contributed by atoms with E-state index < -0.39 is 18.2 Å². The van der Waals surface area contributed by atoms with Crippen molar-refractivity contribution in [3.05, 3.63) is 71.1 Å². The second-order valence-corrected chi connectivity index (χ2v) is 9.99. The number of aromatic nitrogens is 3. The van der Waals surface area contributed by atoms with E-state index in [0.717, 1.165) is 32.7 Å². The lowest BCUT2D eigenvalue weighted by Crippen LogP contribution is -2.44. The Morgan fingerprint density at radius 3 is 2.77 bits per heavy atom. The second kappa shape index (κ2) is 14.2. The van der Waals surface area contributed by atoms with Gasteiger partial charge in [-0.2, -0.15) is 9.65 Å². The number of amides is 1. The van der Waals surface area contributed by atoms with Crippen LogP contribution in [0.5, 0.6) is 5.75 Å². The number of carbonyl (C=O) groups is 1. The topological polar surface area (TPSA) is 129 Å². The summed E-state index contributed by atoms with van der Waals surface area (Å²) in [7, 11) is 0. The van der Waals surface area contributed by atoms with Crippen LogP contribution in [0, 0.1) is 23.0 Å². The van der Waals surface area contributed by atoms with Gasteiger partial charge < -0.3 is 25.4 Å². The number of hydrogen-bond acceptors (Lipinski definition) is 9. The molecule has 3 N–H and O–H groups in total. The van der Waals surface area contributed by atoms with Crippen LogP contribution in [-0.4, -0.2) is 84.3 Å². The maximum Gasteiger partial charge on any atom is 0.252 e. The summed E-state index contributed by atoms with van der Waals surface area (Å²) in [5.74, 6) is -2.68. The Kier molecular flexibility index (Phi) is 9.96. The molecule has 1 fully saturated rings. The van der Waals surface area contributed by atoms with E-state index in [4.69, 9.17) is 26.3 Å². The van der Waals surface area contributed by atoms with Gasteiger partial charge in [0.05, 0.1) is 35.7 Å². The van der Waals surface area contributed by atoms with Gasteiger partial charge in [-0.05, 0) is 30.3 Å². The number of fused-ring (bicyclic) bond motifs is 1. The highest BCUT2D eigenvalue weighted by atomic mass is 35.5. The van der Waals surface area contributed by atoms with E-state index >= 15 is 0 Å². The molecular weight excluding hydrogens is 582 g/mol. The van der Waals surface area contributed by atoms with Crippen LogP contribution < -0.4 is 20.7 Å². The molecule has 4 aromatic rings. The van der Waals surface area contributed by atoms with Gasteiger partial charge in [0.2, 0.25) is 5.82 Å². The van der Waals surface area contributed by atoms with Crippen molar-refractivity contribution < 1.29 is 23.0 Å². The Morgan fingerprint density at radius 2 is 1.98 bits per heavy atom. The normalized spacial score (nSPS) is 13.5. The lowest BCUT2D eigenvalue weighted by atomic mass is 10.1. The summed E-state index contributed by atoms with van der Waals surface area (Å²) in [6.07, 6.45) is 4.44. The van der Waals surface area contributed by atoms with Crippen LogP contribution in [-0.2, 0) is 4.74 Å². The maximum absolute atomic E-state index is 14.9. The third kappa shape index (κ3) is 7.18. The highest BCUT2D eigenvalue weighted by molar-refractivity contribution is 6.34. The summed E-state index contributed by atoms with van der Waals surface area (Å²) in [6.45, 7) is 5.80. The molecule has 11 nitrogen and oxygen atoms in total. The molecule has 1 aliphatic heterocycles. The fourth-order valence-corrected chi connectivity index (χ4v) is 4.90. The zero-order valence-corrected chi connectivity index (χ0v) is 23.8. The van der Waals surface area contributed by atoms with E-state index in [0.29, 0.717) is 42.5 Å². The number of imidazole rings is 1. The number of halogens is 3. The minimum atomic E-state index is -1.20. The zero-order chi connectivity index (χ0) is 30.2. The first-order chi connectivity index (χ1) is 21.0. The number of carbonyl (C=O) groups excluding carboxylic acids is 1. The van der Waals surface area contributed by atoms with E-state index in [-0.39, 0.29) is 27.9 Å². The van der Waals surface area contributed by atoms with Gasteiger partial charge in [-0.1, -0.05) is 11.6 Å². The first kappa shape index (κ1) is 30.1. The average Bonchev–Trinajstić information content (AvgIpc) is 3.45. The predicted octanol–water partition coefficient (Wildman–Crippen LogP) is 3.63. The van der Waals surface area contributed by atoms with E-state index in [9.17, 15) is 13.6 Å². The fraction of sp³-hybridized carbons (Fsp3) is 0.310. The molecule has 0 unspecified atom stereocenters. The Hall–Kier alpha value is -4.35. The van der Waals surface area contributed by atoms with Crippen molar-refractivity contribution in [3.8, 4) is 23.1 Å². The Labute approximate surface area is 251 Å². The lowest BCUT2D eigenvalue weighted by molar-refractivity contribution is 0.0865. The van der Waals surface area contributed by atoms with Gasteiger partial charge in [-0.3, -0.25) is 14.1 Å². The Morgan fingerprint density at radius 1 is 1.14 bits per heavy atom. The van der Waals surface area contributed by atoms with E-state index in [1.54, 1.807) is 34.9 Å². The third-order valence-corrected chi connectivity index (χ3v) is 7.13. The van der Waals surface area contributed by atoms with Crippen LogP contribution in [0.4, 0.5) is 20.3 Å². The van der Waals surface area contributed by atoms with Crippen LogP contribution in [0.25, 0.3) is 16.9 Å². The van der Waals surface area contributed by atoms with Gasteiger partial charge in [0, 0.05) is 62.9 Å². The first-order valence-corrected chi connectivity index (χ1v) is 14.0. The fourth-order valence-electron chi connectivity index (χ4n) is 4.63. The van der Waals surface area contributed by atoms with Gasteiger partial charge in [0.1, 0.15) is 6.07 Å². The van der Waals surface area contributed by atoms with E-state index in [1.165, 1.54) is 24.5 Å². The lowest BCUT2D eigenvalue weighted by Gasteiger charge is -2.26. The number of ether oxygens (including phenoxy) is 2. The van der Waals surface area contributed by atoms with Gasteiger partial charge in [-0.25, -0.2) is 14.4 Å². The smallest absolute Gasteiger partial charge is 0.252 e. The van der Waals surface area contributed by atoms with Crippen LogP contribution in [0.15, 0.2) is 48.9 Å². The molecule has 0 aliphatic carbocycles. The van der Waals surface area contributed by atoms with Crippen LogP contribution in [0.3, 0.4) is 0 Å². The molecular formula is C29H29ClF2N8O3. The molecule has 224 valence electrons. The van der Waals surface area contributed by atoms with E-state index in [2.05, 4.69) is 30.8 Å². The number of nitrogens with zero attached hydrogens (tertiary/aromatic N) is 5. The monoisotopic (exact) mass is 610 g/mol. The molecule has 1 saturated heterocycles. The predicted molar refractivity (Wildman–Crippen MR) is 157 cm³/mol. The molecule has 0 bridgehead atoms. The van der Waals surface area contributed by atoms with Crippen molar-refractivity contribution in [3.63, 3.8) is 0 Å². The molecule has 1 aliphatic rings. The van der Waals surface area contributed by atoms with Gasteiger partial charge in [0.25, 0.3) is 5.91 Å². The molecule has 2 aromatic heterocycles. The Balaban J connectivity index is 1.21. The molecule has 0 spiro atoms. The summed E-state index contributed by atoms with van der Waals surface area (Å²) in [4.78, 5) is 23.7. The SMILES string of the molecule is N#CCOc1ccc(-c2cnc3c(Nc4ccc(C(=O)NCCOCCN5CCNCC5)c(Cl)c4)nccn23)c(F)c1F. The number of benzene rings is 2. The zero-order valence-electron chi connectivity index (χ0n) is 23.1. The van der Waals surface area contributed by atoms with Crippen molar-refractivity contribution in [2.75, 3.05) is 64.4 Å². The van der Waals surface area contributed by atoms with Crippen molar-refractivity contribution in [1.29, 1.82) is 5.26 Å². The molecule has 0 atom stereocenters. The molecule has 3 heterocycles. The Bertz CT molecular complexity index is 1640. The maximum atomic E-state index is 14.9. The minimum Gasteiger partial charge on any atom is -0.476 e. The van der Waals surface area contributed by atoms with E-state index in [1.807, 2.05) is 0 Å². The van der Waals surface area contributed by atoms with Gasteiger partial charge in [-0.15, -0.1) is 0 Å². The highest BCUT2D eigenvalue weighted by Gasteiger charge is 2.20. The van der Waals surface area contributed by atoms with Crippen molar-refractivity contribution in [2.45, 2.75) is 0 Å². The largest absolute Gasteiger partial charge is 0.476 e. The average molecular weight is 611 g/mol. The standard InChI is InChI=1S/C29H29ClF2N8O3/c30-22-17-19(1-2-20(22)29(41)36-9-15-42-16-13-39-10-6-34-7-11-39)38-27-28-37-18-23(40(28)12-8-35-27)21-3-4-24(43-14-5-33)26(32)25(21)31/h1-4,8,12,17-18,34H,6-7,9-11,13-16H2,(H,35,38)(H,36,41). The number of piperazine rings is 1. The van der Waals surface area contributed by atoms with Crippen molar-refractivity contribution >= 4 is 34.7 Å². The number of rotatable bonds is 12. The molecule has 0 radical (unpaired) electrons. The number of nitrogens with one attached hydrogen (secondary N) is 3. The molecule has 5 rings (SSSR count). The van der Waals surface area contributed by atoms with Crippen molar-refractivity contribution in [1.82, 2.24) is 29.9 Å². The third-order valence-electron chi connectivity index (χ3n) is 6.81. The van der Waals surface area contributed by atoms with Crippen molar-refractivity contribution in [2.24, 2.45) is 0 Å². The first-order valence-electron chi connectivity index (χ1n) is 13.6. The van der Waals surface area contributed by atoms with Crippen LogP contribution >= 0.6 is 11.6 Å². The van der Waals surface area contributed by atoms with Gasteiger partial charge >= 0.3 is 0 Å². The number of hydrogen-bond donors (Lipinski definition) is 3. The summed E-state index contributed by atoms with van der Waals surface area (Å²) < 4.78 is 41.6. The number of anilines is 2. The number of nitriles is 1. The van der Waals surface area contributed by atoms with Gasteiger partial charge in [0.15, 0.2) is 29.6 Å². The quantitative estimate of drug-likeness (QED) is 0.206. The summed E-state index contributed by atoms with van der Waals surface area (Å²) in [5.41, 5.74) is 1.43. The molecule has 14 heteroatoms. The minimum absolute atomic E-state index is 0.0465. The highest BCUT2D eigenvalue weighted by Crippen LogP contribution is 2.32. The summed E-state index contributed by atoms with van der Waals surface area (Å²) >= 11 is 6.43. The molecule has 2 aromatic carbocycles.